The molecule has 0 aliphatic heterocycles. The molecule has 0 atom stereocenters. The van der Waals surface area contributed by atoms with Gasteiger partial charge in [0.1, 0.15) is 18.0 Å². The Morgan fingerprint density at radius 3 is 1.93 bits per heavy atom. The molecule has 0 radical (unpaired) electrons. The number of aryl methyl sites for hydroxylation is 1. The SMILES string of the molecule is COc1cc(Nc2cc(Nc3cccc(C)c3)ncn2)cc(OC)c1OC. The summed E-state index contributed by atoms with van der Waals surface area (Å²) in [4.78, 5) is 8.54. The highest BCUT2D eigenvalue weighted by Gasteiger charge is 2.13. The van der Waals surface area contributed by atoms with Crippen LogP contribution in [0.4, 0.5) is 23.0 Å². The lowest BCUT2D eigenvalue weighted by molar-refractivity contribution is 0.324. The Morgan fingerprint density at radius 1 is 0.741 bits per heavy atom. The van der Waals surface area contributed by atoms with Gasteiger partial charge in [-0.2, -0.15) is 0 Å². The van der Waals surface area contributed by atoms with Crippen molar-refractivity contribution in [2.24, 2.45) is 0 Å². The summed E-state index contributed by atoms with van der Waals surface area (Å²) in [5.74, 6) is 2.98. The highest BCUT2D eigenvalue weighted by molar-refractivity contribution is 5.68. The minimum atomic E-state index is 0.537. The molecule has 1 aromatic heterocycles. The first-order chi connectivity index (χ1) is 13.1. The smallest absolute Gasteiger partial charge is 0.203 e. The van der Waals surface area contributed by atoms with Gasteiger partial charge >= 0.3 is 0 Å². The molecule has 0 amide bonds. The fourth-order valence-electron chi connectivity index (χ4n) is 2.67. The first-order valence-corrected chi connectivity index (χ1v) is 8.35. The third kappa shape index (κ3) is 4.38. The van der Waals surface area contributed by atoms with Crippen molar-refractivity contribution in [1.82, 2.24) is 9.97 Å². The van der Waals surface area contributed by atoms with Crippen LogP contribution in [0.25, 0.3) is 0 Å². The summed E-state index contributed by atoms with van der Waals surface area (Å²) in [7, 11) is 4.73. The van der Waals surface area contributed by atoms with E-state index in [1.807, 2.05) is 43.3 Å². The van der Waals surface area contributed by atoms with Crippen molar-refractivity contribution < 1.29 is 14.2 Å². The Hall–Kier alpha value is -3.48. The van der Waals surface area contributed by atoms with Gasteiger partial charge in [0.2, 0.25) is 5.75 Å². The monoisotopic (exact) mass is 366 g/mol. The van der Waals surface area contributed by atoms with Crippen LogP contribution >= 0.6 is 0 Å². The summed E-state index contributed by atoms with van der Waals surface area (Å²) in [5.41, 5.74) is 2.89. The van der Waals surface area contributed by atoms with E-state index >= 15 is 0 Å². The average molecular weight is 366 g/mol. The molecule has 0 spiro atoms. The second-order valence-electron chi connectivity index (χ2n) is 5.82. The van der Waals surface area contributed by atoms with Gasteiger partial charge in [0.15, 0.2) is 11.5 Å². The van der Waals surface area contributed by atoms with Gasteiger partial charge in [-0.3, -0.25) is 0 Å². The van der Waals surface area contributed by atoms with Crippen LogP contribution in [0.1, 0.15) is 5.56 Å². The van der Waals surface area contributed by atoms with Gasteiger partial charge < -0.3 is 24.8 Å². The van der Waals surface area contributed by atoms with Crippen molar-refractivity contribution in [2.45, 2.75) is 6.92 Å². The number of hydrogen-bond donors (Lipinski definition) is 2. The summed E-state index contributed by atoms with van der Waals surface area (Å²) < 4.78 is 16.1. The number of aromatic nitrogens is 2. The van der Waals surface area contributed by atoms with E-state index in [0.717, 1.165) is 11.4 Å². The van der Waals surface area contributed by atoms with E-state index < -0.39 is 0 Å². The van der Waals surface area contributed by atoms with Crippen LogP contribution in [-0.2, 0) is 0 Å². The molecule has 7 nitrogen and oxygen atoms in total. The van der Waals surface area contributed by atoms with Crippen molar-refractivity contribution in [3.63, 3.8) is 0 Å². The fraction of sp³-hybridized carbons (Fsp3) is 0.200. The molecule has 0 aliphatic carbocycles. The van der Waals surface area contributed by atoms with Gasteiger partial charge in [0.05, 0.1) is 21.3 Å². The number of benzene rings is 2. The quantitative estimate of drug-likeness (QED) is 0.645. The van der Waals surface area contributed by atoms with Crippen LogP contribution in [0.15, 0.2) is 48.8 Å². The number of nitrogens with one attached hydrogen (secondary N) is 2. The Morgan fingerprint density at radius 2 is 1.37 bits per heavy atom. The Labute approximate surface area is 158 Å². The first-order valence-electron chi connectivity index (χ1n) is 8.35. The van der Waals surface area contributed by atoms with Gasteiger partial charge in [-0.1, -0.05) is 12.1 Å². The Balaban J connectivity index is 1.84. The van der Waals surface area contributed by atoms with Crippen molar-refractivity contribution >= 4 is 23.0 Å². The maximum atomic E-state index is 5.38. The average Bonchev–Trinajstić information content (AvgIpc) is 2.67. The Kier molecular flexibility index (Phi) is 5.61. The first kappa shape index (κ1) is 18.3. The van der Waals surface area contributed by atoms with Crippen LogP contribution in [-0.4, -0.2) is 31.3 Å². The lowest BCUT2D eigenvalue weighted by atomic mass is 10.2. The molecule has 2 aromatic carbocycles. The third-order valence-electron chi connectivity index (χ3n) is 3.89. The van der Waals surface area contributed by atoms with E-state index in [1.54, 1.807) is 21.3 Å². The molecular weight excluding hydrogens is 344 g/mol. The van der Waals surface area contributed by atoms with Crippen molar-refractivity contribution in [3.8, 4) is 17.2 Å². The van der Waals surface area contributed by atoms with Crippen LogP contribution < -0.4 is 24.8 Å². The fourth-order valence-corrected chi connectivity index (χ4v) is 2.67. The number of hydrogen-bond acceptors (Lipinski definition) is 7. The van der Waals surface area contributed by atoms with Crippen LogP contribution in [0.2, 0.25) is 0 Å². The van der Waals surface area contributed by atoms with Gasteiger partial charge in [-0.25, -0.2) is 9.97 Å². The topological polar surface area (TPSA) is 77.5 Å². The van der Waals surface area contributed by atoms with E-state index in [4.69, 9.17) is 14.2 Å². The summed E-state index contributed by atoms with van der Waals surface area (Å²) in [6.45, 7) is 2.04. The van der Waals surface area contributed by atoms with Crippen molar-refractivity contribution in [2.75, 3.05) is 32.0 Å². The molecule has 3 aromatic rings. The summed E-state index contributed by atoms with van der Waals surface area (Å²) in [6.07, 6.45) is 1.50. The Bertz CT molecular complexity index is 906. The number of nitrogens with zero attached hydrogens (tertiary/aromatic N) is 2. The van der Waals surface area contributed by atoms with E-state index in [-0.39, 0.29) is 0 Å². The molecule has 140 valence electrons. The van der Waals surface area contributed by atoms with Gasteiger partial charge in [-0.15, -0.1) is 0 Å². The molecule has 7 heteroatoms. The van der Waals surface area contributed by atoms with Crippen molar-refractivity contribution in [3.05, 3.63) is 54.4 Å². The third-order valence-corrected chi connectivity index (χ3v) is 3.89. The summed E-state index contributed by atoms with van der Waals surface area (Å²) in [6, 6.07) is 13.5. The number of methoxy groups -OCH3 is 3. The second kappa shape index (κ2) is 8.27. The molecule has 0 saturated carbocycles. The predicted octanol–water partition coefficient (Wildman–Crippen LogP) is 4.30. The highest BCUT2D eigenvalue weighted by atomic mass is 16.5. The molecule has 3 rings (SSSR count). The molecule has 0 bridgehead atoms. The standard InChI is InChI=1S/C20H22N4O3/c1-13-6-5-7-14(8-13)23-18-11-19(22-12-21-18)24-15-9-16(25-2)20(27-4)17(10-15)26-3/h5-12H,1-4H3,(H2,21,22,23,24). The maximum Gasteiger partial charge on any atom is 0.203 e. The second-order valence-corrected chi connectivity index (χ2v) is 5.82. The zero-order valence-corrected chi connectivity index (χ0v) is 15.7. The number of anilines is 4. The summed E-state index contributed by atoms with van der Waals surface area (Å²) >= 11 is 0. The van der Waals surface area contributed by atoms with E-state index in [0.29, 0.717) is 28.9 Å². The molecular formula is C20H22N4O3. The normalized spacial score (nSPS) is 10.2. The molecule has 0 saturated heterocycles. The lowest BCUT2D eigenvalue weighted by Crippen LogP contribution is -2.00. The largest absolute Gasteiger partial charge is 0.493 e. The van der Waals surface area contributed by atoms with E-state index in [2.05, 4.69) is 26.7 Å². The minimum absolute atomic E-state index is 0.537. The predicted molar refractivity (Wildman–Crippen MR) is 106 cm³/mol. The zero-order chi connectivity index (χ0) is 19.2. The number of rotatable bonds is 7. The molecule has 0 fully saturated rings. The minimum Gasteiger partial charge on any atom is -0.493 e. The zero-order valence-electron chi connectivity index (χ0n) is 15.7. The maximum absolute atomic E-state index is 5.38. The number of ether oxygens (including phenoxy) is 3. The van der Waals surface area contributed by atoms with Gasteiger partial charge in [0, 0.05) is 29.6 Å². The van der Waals surface area contributed by atoms with Crippen LogP contribution in [0.5, 0.6) is 17.2 Å². The van der Waals surface area contributed by atoms with Gasteiger partial charge in [0.25, 0.3) is 0 Å². The van der Waals surface area contributed by atoms with Crippen LogP contribution in [0, 0.1) is 6.92 Å². The molecule has 2 N–H and O–H groups in total. The molecule has 27 heavy (non-hydrogen) atoms. The molecule has 1 heterocycles. The summed E-state index contributed by atoms with van der Waals surface area (Å²) in [5, 5.41) is 6.51. The van der Waals surface area contributed by atoms with E-state index in [9.17, 15) is 0 Å². The molecule has 0 unspecified atom stereocenters. The van der Waals surface area contributed by atoms with Crippen molar-refractivity contribution in [1.29, 1.82) is 0 Å². The lowest BCUT2D eigenvalue weighted by Gasteiger charge is -2.15. The highest BCUT2D eigenvalue weighted by Crippen LogP contribution is 2.40. The molecule has 0 aliphatic rings. The van der Waals surface area contributed by atoms with E-state index in [1.165, 1.54) is 11.9 Å². The van der Waals surface area contributed by atoms with Gasteiger partial charge in [-0.05, 0) is 24.6 Å². The van der Waals surface area contributed by atoms with Crippen LogP contribution in [0.3, 0.4) is 0 Å².